The predicted octanol–water partition coefficient (Wildman–Crippen LogP) is 5.52. The summed E-state index contributed by atoms with van der Waals surface area (Å²) < 4.78 is 22.3. The predicted molar refractivity (Wildman–Crippen MR) is 106 cm³/mol. The smallest absolute Gasteiger partial charge is 0.165 e. The molecule has 0 aliphatic carbocycles. The van der Waals surface area contributed by atoms with Crippen LogP contribution in [0, 0.1) is 5.82 Å². The van der Waals surface area contributed by atoms with Gasteiger partial charge < -0.3 is 4.74 Å². The highest BCUT2D eigenvalue weighted by Crippen LogP contribution is 2.32. The van der Waals surface area contributed by atoms with Gasteiger partial charge in [-0.15, -0.1) is 0 Å². The zero-order valence-electron chi connectivity index (χ0n) is 15.4. The first-order valence-corrected chi connectivity index (χ1v) is 9.07. The number of ether oxygens (including phenoxy) is 1. The Balaban J connectivity index is 1.68. The summed E-state index contributed by atoms with van der Waals surface area (Å²) >= 11 is 0. The fraction of sp³-hybridized carbons (Fsp3) is 0.174. The van der Waals surface area contributed by atoms with Gasteiger partial charge in [-0.2, -0.15) is 5.10 Å². The lowest BCUT2D eigenvalue weighted by Gasteiger charge is -2.14. The number of nitrogens with zero attached hydrogens (tertiary/aromatic N) is 2. The Kier molecular flexibility index (Phi) is 4.63. The zero-order chi connectivity index (χ0) is 18.8. The number of halogens is 1. The third-order valence-electron chi connectivity index (χ3n) is 4.84. The molecule has 0 saturated carbocycles. The highest BCUT2D eigenvalue weighted by atomic mass is 19.1. The molecular weight excluding hydrogens is 339 g/mol. The number of hydrogen-bond acceptors (Lipinski definition) is 2. The molecule has 3 nitrogen and oxygen atoms in total. The van der Waals surface area contributed by atoms with Crippen LogP contribution in [0.1, 0.15) is 18.1 Å². The van der Waals surface area contributed by atoms with E-state index < -0.39 is 0 Å². The molecule has 0 atom stereocenters. The second-order valence-corrected chi connectivity index (χ2v) is 6.61. The Bertz CT molecular complexity index is 1090. The summed E-state index contributed by atoms with van der Waals surface area (Å²) in [5, 5.41) is 5.35. The minimum atomic E-state index is -0.344. The summed E-state index contributed by atoms with van der Waals surface area (Å²) in [7, 11) is 1.91. The number of fused-ring (bicyclic) bond motifs is 1. The van der Waals surface area contributed by atoms with Gasteiger partial charge in [0.05, 0.1) is 11.7 Å². The highest BCUT2D eigenvalue weighted by Gasteiger charge is 2.13. The van der Waals surface area contributed by atoms with Gasteiger partial charge in [-0.05, 0) is 46.9 Å². The number of hydrogen-bond donors (Lipinski definition) is 0. The number of rotatable bonds is 5. The third-order valence-corrected chi connectivity index (χ3v) is 4.84. The van der Waals surface area contributed by atoms with Gasteiger partial charge in [0.15, 0.2) is 11.6 Å². The van der Waals surface area contributed by atoms with Crippen molar-refractivity contribution in [3.8, 4) is 16.9 Å². The van der Waals surface area contributed by atoms with E-state index >= 15 is 0 Å². The lowest BCUT2D eigenvalue weighted by atomic mass is 9.96. The molecule has 0 fully saturated rings. The lowest BCUT2D eigenvalue weighted by Crippen LogP contribution is -2.00. The van der Waals surface area contributed by atoms with Crippen molar-refractivity contribution in [1.82, 2.24) is 9.78 Å². The number of aromatic nitrogens is 2. The Morgan fingerprint density at radius 3 is 2.63 bits per heavy atom. The van der Waals surface area contributed by atoms with Gasteiger partial charge in [-0.1, -0.05) is 49.4 Å². The molecule has 1 aromatic heterocycles. The van der Waals surface area contributed by atoms with Crippen molar-refractivity contribution >= 4 is 10.9 Å². The summed E-state index contributed by atoms with van der Waals surface area (Å²) in [5.74, 6) is -0.0516. The standard InChI is InChI=1S/C23H21FN2O/c1-3-17-12-23(27-15-16-7-5-4-6-8-16)21(24)13-20(17)18-9-10-19-14-25-26(2)22(19)11-18/h4-14H,3,15H2,1-2H3. The Labute approximate surface area is 158 Å². The van der Waals surface area contributed by atoms with E-state index in [4.69, 9.17) is 4.74 Å². The molecule has 0 bridgehead atoms. The Morgan fingerprint density at radius 1 is 1.04 bits per heavy atom. The lowest BCUT2D eigenvalue weighted by molar-refractivity contribution is 0.290. The van der Waals surface area contributed by atoms with Gasteiger partial charge in [0, 0.05) is 12.4 Å². The van der Waals surface area contributed by atoms with Crippen LogP contribution in [0.2, 0.25) is 0 Å². The average molecular weight is 360 g/mol. The van der Waals surface area contributed by atoms with Crippen LogP contribution in [0.3, 0.4) is 0 Å². The summed E-state index contributed by atoms with van der Waals surface area (Å²) in [6.45, 7) is 2.42. The first kappa shape index (κ1) is 17.3. The fourth-order valence-corrected chi connectivity index (χ4v) is 3.31. The van der Waals surface area contributed by atoms with Gasteiger partial charge >= 0.3 is 0 Å². The fourth-order valence-electron chi connectivity index (χ4n) is 3.31. The normalized spacial score (nSPS) is 11.1. The van der Waals surface area contributed by atoms with Crippen LogP contribution in [-0.4, -0.2) is 9.78 Å². The molecule has 3 aromatic carbocycles. The molecule has 0 aliphatic rings. The molecular formula is C23H21FN2O. The van der Waals surface area contributed by atoms with Gasteiger partial charge in [-0.25, -0.2) is 4.39 Å². The quantitative estimate of drug-likeness (QED) is 0.468. The topological polar surface area (TPSA) is 27.1 Å². The monoisotopic (exact) mass is 360 g/mol. The molecule has 0 radical (unpaired) electrons. The maximum Gasteiger partial charge on any atom is 0.165 e. The van der Waals surface area contributed by atoms with E-state index in [0.717, 1.165) is 39.6 Å². The van der Waals surface area contributed by atoms with Gasteiger partial charge in [0.2, 0.25) is 0 Å². The van der Waals surface area contributed by atoms with E-state index in [9.17, 15) is 4.39 Å². The van der Waals surface area contributed by atoms with E-state index in [1.807, 2.05) is 66.5 Å². The third kappa shape index (κ3) is 3.43. The zero-order valence-corrected chi connectivity index (χ0v) is 15.4. The second kappa shape index (κ2) is 7.23. The van der Waals surface area contributed by atoms with Crippen molar-refractivity contribution in [2.75, 3.05) is 0 Å². The van der Waals surface area contributed by atoms with Crippen molar-refractivity contribution in [2.45, 2.75) is 20.0 Å². The largest absolute Gasteiger partial charge is 0.486 e. The summed E-state index contributed by atoms with van der Waals surface area (Å²) in [5.41, 5.74) is 4.97. The highest BCUT2D eigenvalue weighted by molar-refractivity contribution is 5.85. The second-order valence-electron chi connectivity index (χ2n) is 6.61. The van der Waals surface area contributed by atoms with Crippen LogP contribution in [0.5, 0.6) is 5.75 Å². The molecule has 4 rings (SSSR count). The van der Waals surface area contributed by atoms with Crippen LogP contribution in [0.25, 0.3) is 22.0 Å². The van der Waals surface area contributed by atoms with Crippen molar-refractivity contribution in [2.24, 2.45) is 7.05 Å². The molecule has 4 heteroatoms. The minimum absolute atomic E-state index is 0.293. The molecule has 0 aliphatic heterocycles. The maximum absolute atomic E-state index is 14.7. The van der Waals surface area contributed by atoms with Crippen molar-refractivity contribution in [3.63, 3.8) is 0 Å². The molecule has 4 aromatic rings. The van der Waals surface area contributed by atoms with Crippen LogP contribution in [0.4, 0.5) is 4.39 Å². The van der Waals surface area contributed by atoms with Crippen LogP contribution in [-0.2, 0) is 20.1 Å². The molecule has 27 heavy (non-hydrogen) atoms. The summed E-state index contributed by atoms with van der Waals surface area (Å²) in [6, 6.07) is 19.3. The number of benzene rings is 3. The SMILES string of the molecule is CCc1cc(OCc2ccccc2)c(F)cc1-c1ccc2cnn(C)c2c1. The molecule has 0 saturated heterocycles. The first-order chi connectivity index (χ1) is 13.2. The Hall–Kier alpha value is -3.14. The molecule has 136 valence electrons. The van der Waals surface area contributed by atoms with E-state index in [2.05, 4.69) is 18.1 Å². The first-order valence-electron chi connectivity index (χ1n) is 9.07. The van der Waals surface area contributed by atoms with Crippen LogP contribution >= 0.6 is 0 Å². The van der Waals surface area contributed by atoms with Crippen molar-refractivity contribution in [3.05, 3.63) is 83.8 Å². The average Bonchev–Trinajstić information content (AvgIpc) is 3.08. The molecule has 1 heterocycles. The Morgan fingerprint density at radius 2 is 1.85 bits per heavy atom. The summed E-state index contributed by atoms with van der Waals surface area (Å²) in [6.07, 6.45) is 2.63. The van der Waals surface area contributed by atoms with Crippen LogP contribution in [0.15, 0.2) is 66.9 Å². The van der Waals surface area contributed by atoms with Gasteiger partial charge in [0.25, 0.3) is 0 Å². The van der Waals surface area contributed by atoms with E-state index in [1.165, 1.54) is 0 Å². The van der Waals surface area contributed by atoms with E-state index in [0.29, 0.717) is 12.4 Å². The maximum atomic E-state index is 14.7. The van der Waals surface area contributed by atoms with Crippen molar-refractivity contribution in [1.29, 1.82) is 0 Å². The van der Waals surface area contributed by atoms with E-state index in [-0.39, 0.29) is 5.82 Å². The molecule has 0 unspecified atom stereocenters. The van der Waals surface area contributed by atoms with Crippen LogP contribution < -0.4 is 4.74 Å². The minimum Gasteiger partial charge on any atom is -0.486 e. The molecule has 0 amide bonds. The van der Waals surface area contributed by atoms with Gasteiger partial charge in [0.1, 0.15) is 6.61 Å². The number of aryl methyl sites for hydroxylation is 2. The van der Waals surface area contributed by atoms with E-state index in [1.54, 1.807) is 6.07 Å². The summed E-state index contributed by atoms with van der Waals surface area (Å²) in [4.78, 5) is 0. The van der Waals surface area contributed by atoms with Crippen molar-refractivity contribution < 1.29 is 9.13 Å². The molecule has 0 N–H and O–H groups in total. The molecule has 0 spiro atoms. The van der Waals surface area contributed by atoms with Gasteiger partial charge in [-0.3, -0.25) is 4.68 Å².